The van der Waals surface area contributed by atoms with Crippen LogP contribution in [0.2, 0.25) is 0 Å². The van der Waals surface area contributed by atoms with E-state index in [4.69, 9.17) is 18.8 Å². The lowest BCUT2D eigenvalue weighted by molar-refractivity contribution is -0.134. The summed E-state index contributed by atoms with van der Waals surface area (Å²) in [6.45, 7) is 9.03. The summed E-state index contributed by atoms with van der Waals surface area (Å²) >= 11 is 3.62. The minimum atomic E-state index is -3.72. The molecule has 0 spiro atoms. The van der Waals surface area contributed by atoms with E-state index in [1.54, 1.807) is 25.6 Å². The third-order valence-corrected chi connectivity index (χ3v) is 17.7. The number of ether oxygens (including phenoxy) is 1. The number of aromatic nitrogens is 5. The Morgan fingerprint density at radius 1 is 0.779 bits per heavy atom. The molecule has 404 valence electrons. The number of carbonyl (C=O) groups is 3. The lowest BCUT2D eigenvalue weighted by atomic mass is 9.95. The van der Waals surface area contributed by atoms with Crippen LogP contribution in [0, 0.1) is 5.92 Å². The van der Waals surface area contributed by atoms with Crippen LogP contribution in [0.4, 0.5) is 34.5 Å². The fraction of sp³-hybridized carbons (Fsp3) is 0.400. The summed E-state index contributed by atoms with van der Waals surface area (Å²) in [5.41, 5.74) is 7.29. The van der Waals surface area contributed by atoms with Crippen molar-refractivity contribution in [3.8, 4) is 28.0 Å². The van der Waals surface area contributed by atoms with Crippen molar-refractivity contribution in [3.05, 3.63) is 108 Å². The van der Waals surface area contributed by atoms with Crippen LogP contribution < -0.4 is 41.1 Å². The quantitative estimate of drug-likeness (QED) is 0.0519. The summed E-state index contributed by atoms with van der Waals surface area (Å²) < 4.78 is 33.4. The lowest BCUT2D eigenvalue weighted by Gasteiger charge is -2.44. The molecule has 77 heavy (non-hydrogen) atoms. The van der Waals surface area contributed by atoms with Gasteiger partial charge in [0.05, 0.1) is 46.3 Å². The van der Waals surface area contributed by atoms with Gasteiger partial charge >= 0.3 is 7.60 Å². The summed E-state index contributed by atoms with van der Waals surface area (Å²) in [5, 5.41) is 16.7. The van der Waals surface area contributed by atoms with Crippen molar-refractivity contribution < 1.29 is 32.7 Å². The third kappa shape index (κ3) is 12.4. The molecular formula is C55H65BrN13O7P. The number of pyridine rings is 1. The molecule has 0 bridgehead atoms. The van der Waals surface area contributed by atoms with Crippen molar-refractivity contribution in [2.45, 2.75) is 50.6 Å². The number of halogens is 1. The Morgan fingerprint density at radius 2 is 1.53 bits per heavy atom. The number of methoxy groups -OCH3 is 1. The Bertz CT molecular complexity index is 3120. The molecule has 0 saturated carbocycles. The van der Waals surface area contributed by atoms with Crippen LogP contribution in [0.15, 0.2) is 102 Å². The van der Waals surface area contributed by atoms with Gasteiger partial charge in [-0.2, -0.15) is 10.1 Å². The number of imide groups is 1. The maximum atomic E-state index is 14.0. The van der Waals surface area contributed by atoms with Gasteiger partial charge in [0.25, 0.3) is 5.91 Å². The van der Waals surface area contributed by atoms with Crippen LogP contribution in [0.1, 0.15) is 49.0 Å². The second-order valence-electron chi connectivity index (χ2n) is 19.9. The standard InChI is InChI=1S/C55H65BrN13O7P/c1-65-35-39(31-59-65)42-29-47(62-55-58-33-43(56)52(64-55)60-44-12-10-38(37-8-6-5-7-9-37)28-50(44)77(73,75-3)76-4)49(74-2)30-48(42)69-22-18-40(19-23-69)68-26-24-66(25-27-68)34-36-16-20-67(21-17-36)41-11-13-45(57-32-41)53(71)61-46-14-15-51(70)63-54(46)72/h5-13,28-33,35-36,40,46H,14-27,34H2,1-4H3,(H,61,71)(H,63,70,72)(H2,58,60,62,64). The molecule has 4 aliphatic rings. The Hall–Kier alpha value is -6.74. The normalized spacial score (nSPS) is 18.3. The van der Waals surface area contributed by atoms with Gasteiger partial charge in [0.2, 0.25) is 17.8 Å². The first-order chi connectivity index (χ1) is 37.4. The molecule has 1 atom stereocenters. The lowest BCUT2D eigenvalue weighted by Crippen LogP contribution is -2.54. The van der Waals surface area contributed by atoms with E-state index in [9.17, 15) is 18.9 Å². The van der Waals surface area contributed by atoms with E-state index in [1.165, 1.54) is 14.2 Å². The third-order valence-electron chi connectivity index (χ3n) is 15.2. The summed E-state index contributed by atoms with van der Waals surface area (Å²) in [6, 6.07) is 23.0. The van der Waals surface area contributed by atoms with Crippen molar-refractivity contribution in [1.82, 2.24) is 45.2 Å². The molecule has 4 saturated heterocycles. The van der Waals surface area contributed by atoms with Crippen molar-refractivity contribution >= 4 is 81.1 Å². The van der Waals surface area contributed by atoms with E-state index in [1.807, 2.05) is 78.7 Å². The largest absolute Gasteiger partial charge is 0.494 e. The van der Waals surface area contributed by atoms with Gasteiger partial charge in [-0.25, -0.2) is 9.97 Å². The number of amides is 3. The Kier molecular flexibility index (Phi) is 16.6. The van der Waals surface area contributed by atoms with E-state index < -0.39 is 25.5 Å². The molecule has 4 fully saturated rings. The topological polar surface area (TPSA) is 214 Å². The smallest absolute Gasteiger partial charge is 0.362 e. The molecule has 22 heteroatoms. The van der Waals surface area contributed by atoms with Crippen molar-refractivity contribution in [2.75, 3.05) is 101 Å². The van der Waals surface area contributed by atoms with Gasteiger partial charge in [-0.3, -0.25) is 33.8 Å². The fourth-order valence-electron chi connectivity index (χ4n) is 10.9. The number of anilines is 6. The highest BCUT2D eigenvalue weighted by Crippen LogP contribution is 2.49. The van der Waals surface area contributed by atoms with Crippen LogP contribution >= 0.6 is 23.5 Å². The molecule has 3 aromatic heterocycles. The number of rotatable bonds is 17. The molecule has 4 N–H and O–H groups in total. The first-order valence-electron chi connectivity index (χ1n) is 26.1. The van der Waals surface area contributed by atoms with Crippen molar-refractivity contribution in [3.63, 3.8) is 0 Å². The minimum absolute atomic E-state index is 0.199. The molecule has 1 unspecified atom stereocenters. The highest BCUT2D eigenvalue weighted by molar-refractivity contribution is 9.10. The molecule has 10 rings (SSSR count). The average Bonchev–Trinajstić information content (AvgIpc) is 3.93. The van der Waals surface area contributed by atoms with Crippen LogP contribution in [-0.4, -0.2) is 145 Å². The zero-order chi connectivity index (χ0) is 53.6. The highest BCUT2D eigenvalue weighted by Gasteiger charge is 2.33. The average molecular weight is 1130 g/mol. The van der Waals surface area contributed by atoms with Gasteiger partial charge < -0.3 is 44.4 Å². The number of hydrogen-bond donors (Lipinski definition) is 4. The van der Waals surface area contributed by atoms with Gasteiger partial charge in [0, 0.05) is 128 Å². The fourth-order valence-corrected chi connectivity index (χ4v) is 12.4. The van der Waals surface area contributed by atoms with Crippen LogP contribution in [0.5, 0.6) is 5.75 Å². The van der Waals surface area contributed by atoms with Gasteiger partial charge in [-0.05, 0) is 95.4 Å². The summed E-state index contributed by atoms with van der Waals surface area (Å²) in [4.78, 5) is 60.4. The van der Waals surface area contributed by atoms with Gasteiger partial charge in [-0.15, -0.1) is 0 Å². The number of piperidine rings is 3. The molecule has 4 aliphatic heterocycles. The molecule has 0 radical (unpaired) electrons. The number of nitrogens with zero attached hydrogens (tertiary/aromatic N) is 9. The Morgan fingerprint density at radius 3 is 2.21 bits per heavy atom. The predicted molar refractivity (Wildman–Crippen MR) is 301 cm³/mol. The number of benzene rings is 3. The van der Waals surface area contributed by atoms with Gasteiger partial charge in [0.15, 0.2) is 0 Å². The molecule has 7 heterocycles. The van der Waals surface area contributed by atoms with E-state index in [2.05, 4.69) is 84.0 Å². The van der Waals surface area contributed by atoms with Gasteiger partial charge in [0.1, 0.15) is 23.3 Å². The van der Waals surface area contributed by atoms with Gasteiger partial charge in [-0.1, -0.05) is 36.4 Å². The van der Waals surface area contributed by atoms with E-state index in [0.717, 1.165) is 118 Å². The molecule has 3 aromatic carbocycles. The number of nitrogens with one attached hydrogen (secondary N) is 4. The van der Waals surface area contributed by atoms with Crippen LogP contribution in [-0.2, 0) is 30.2 Å². The zero-order valence-corrected chi connectivity index (χ0v) is 46.3. The Balaban J connectivity index is 0.743. The van der Waals surface area contributed by atoms with Crippen molar-refractivity contribution in [1.29, 1.82) is 0 Å². The molecule has 6 aromatic rings. The molecule has 3 amide bonds. The van der Waals surface area contributed by atoms with E-state index in [0.29, 0.717) is 50.6 Å². The van der Waals surface area contributed by atoms with Crippen molar-refractivity contribution in [2.24, 2.45) is 13.0 Å². The minimum Gasteiger partial charge on any atom is -0.494 e. The molecular weight excluding hydrogens is 1070 g/mol. The first-order valence-corrected chi connectivity index (χ1v) is 28.5. The molecule has 20 nitrogen and oxygen atoms in total. The first kappa shape index (κ1) is 53.6. The maximum absolute atomic E-state index is 14.0. The molecule has 0 aliphatic carbocycles. The summed E-state index contributed by atoms with van der Waals surface area (Å²) in [7, 11) is 2.61. The zero-order valence-electron chi connectivity index (χ0n) is 43.8. The number of hydrogen-bond acceptors (Lipinski definition) is 17. The predicted octanol–water partition coefficient (Wildman–Crippen LogP) is 7.35. The Labute approximate surface area is 456 Å². The number of aryl methyl sites for hydroxylation is 1. The van der Waals surface area contributed by atoms with Crippen LogP contribution in [0.3, 0.4) is 0 Å². The second kappa shape index (κ2) is 23.9. The SMILES string of the molecule is COc1cc(N2CCC(N3CCN(CC4CCN(c5ccc(C(=O)NC6CCC(=O)NC6=O)nc5)CC4)CC3)CC2)c(-c2cnn(C)c2)cc1Nc1ncc(Br)c(Nc2ccc(-c3ccccc3)cc2P(=O)(OC)OC)n1. The summed E-state index contributed by atoms with van der Waals surface area (Å²) in [5.74, 6) is 0.781. The monoisotopic (exact) mass is 1130 g/mol. The maximum Gasteiger partial charge on any atom is 0.362 e. The number of piperazine rings is 1. The van der Waals surface area contributed by atoms with E-state index >= 15 is 0 Å². The van der Waals surface area contributed by atoms with E-state index in [-0.39, 0.29) is 24.4 Å². The second-order valence-corrected chi connectivity index (χ2v) is 23.0. The number of carbonyl (C=O) groups excluding carboxylic acids is 3. The van der Waals surface area contributed by atoms with Crippen LogP contribution in [0.25, 0.3) is 22.3 Å². The highest BCUT2D eigenvalue weighted by atomic mass is 79.9. The summed E-state index contributed by atoms with van der Waals surface area (Å²) in [6.07, 6.45) is 12.1.